The van der Waals surface area contributed by atoms with Crippen LogP contribution in [0.1, 0.15) is 30.1 Å². The molecule has 0 aliphatic heterocycles. The lowest BCUT2D eigenvalue weighted by Gasteiger charge is -2.16. The zero-order valence-electron chi connectivity index (χ0n) is 9.53. The zero-order valence-corrected chi connectivity index (χ0v) is 9.53. The van der Waals surface area contributed by atoms with Gasteiger partial charge in [-0.05, 0) is 32.2 Å². The molecule has 0 spiro atoms. The summed E-state index contributed by atoms with van der Waals surface area (Å²) < 4.78 is 1.90. The molecule has 0 amide bonds. The Labute approximate surface area is 90.8 Å². The molecule has 1 atom stereocenters. The number of nitrogens with zero attached hydrogens (tertiary/aromatic N) is 2. The van der Waals surface area contributed by atoms with Crippen molar-refractivity contribution in [1.82, 2.24) is 15.1 Å². The van der Waals surface area contributed by atoms with Crippen LogP contribution in [0.15, 0.2) is 6.20 Å². The first-order valence-corrected chi connectivity index (χ1v) is 5.64. The van der Waals surface area contributed by atoms with E-state index in [9.17, 15) is 0 Å². The molecular formula is C11H20N4. The second-order valence-corrected chi connectivity index (χ2v) is 4.45. The van der Waals surface area contributed by atoms with Gasteiger partial charge in [0.15, 0.2) is 0 Å². The zero-order chi connectivity index (χ0) is 10.8. The van der Waals surface area contributed by atoms with Crippen molar-refractivity contribution in [3.05, 3.63) is 17.5 Å². The molecule has 1 saturated carbocycles. The third-order valence-electron chi connectivity index (χ3n) is 3.23. The molecule has 84 valence electrons. The predicted octanol–water partition coefficient (Wildman–Crippen LogP) is 0.728. The van der Waals surface area contributed by atoms with Crippen molar-refractivity contribution in [2.45, 2.75) is 25.8 Å². The van der Waals surface area contributed by atoms with Gasteiger partial charge in [-0.2, -0.15) is 5.10 Å². The maximum absolute atomic E-state index is 5.79. The van der Waals surface area contributed by atoms with E-state index in [1.165, 1.54) is 24.1 Å². The van der Waals surface area contributed by atoms with Crippen LogP contribution >= 0.6 is 0 Å². The van der Waals surface area contributed by atoms with Gasteiger partial charge >= 0.3 is 0 Å². The first-order valence-electron chi connectivity index (χ1n) is 5.64. The quantitative estimate of drug-likeness (QED) is 0.750. The average molecular weight is 208 g/mol. The van der Waals surface area contributed by atoms with E-state index in [1.807, 2.05) is 17.9 Å². The van der Waals surface area contributed by atoms with Crippen LogP contribution in [0.2, 0.25) is 0 Å². The van der Waals surface area contributed by atoms with Gasteiger partial charge in [0.05, 0.1) is 6.20 Å². The Balaban J connectivity index is 2.00. The third-order valence-corrected chi connectivity index (χ3v) is 3.23. The van der Waals surface area contributed by atoms with Crippen LogP contribution in [0.3, 0.4) is 0 Å². The molecule has 4 nitrogen and oxygen atoms in total. The first-order chi connectivity index (χ1) is 7.22. The number of hydrogen-bond donors (Lipinski definition) is 2. The molecule has 4 heteroatoms. The monoisotopic (exact) mass is 208 g/mol. The van der Waals surface area contributed by atoms with E-state index < -0.39 is 0 Å². The molecular weight excluding hydrogens is 188 g/mol. The fourth-order valence-electron chi connectivity index (χ4n) is 1.81. The van der Waals surface area contributed by atoms with E-state index in [1.54, 1.807) is 0 Å². The molecule has 1 aliphatic carbocycles. The predicted molar refractivity (Wildman–Crippen MR) is 60.5 cm³/mol. The van der Waals surface area contributed by atoms with Crippen molar-refractivity contribution < 1.29 is 0 Å². The van der Waals surface area contributed by atoms with Crippen LogP contribution in [0, 0.1) is 12.8 Å². The van der Waals surface area contributed by atoms with Crippen LogP contribution in [-0.4, -0.2) is 22.9 Å². The second-order valence-electron chi connectivity index (χ2n) is 4.45. The molecule has 1 aromatic heterocycles. The van der Waals surface area contributed by atoms with Gasteiger partial charge in [-0.1, -0.05) is 0 Å². The minimum absolute atomic E-state index is 0.263. The van der Waals surface area contributed by atoms with Crippen molar-refractivity contribution in [1.29, 1.82) is 0 Å². The standard InChI is InChI=1S/C11H20N4/c1-8-10(7-14-15(8)2)11(5-12)13-6-9-3-4-9/h7,9,11,13H,3-6,12H2,1-2H3. The Hall–Kier alpha value is -0.870. The highest BCUT2D eigenvalue weighted by Crippen LogP contribution is 2.28. The summed E-state index contributed by atoms with van der Waals surface area (Å²) in [5.74, 6) is 0.885. The lowest BCUT2D eigenvalue weighted by atomic mass is 10.1. The molecule has 0 bridgehead atoms. The van der Waals surface area contributed by atoms with Gasteiger partial charge in [-0.25, -0.2) is 0 Å². The lowest BCUT2D eigenvalue weighted by Crippen LogP contribution is -2.30. The smallest absolute Gasteiger partial charge is 0.0540 e. The largest absolute Gasteiger partial charge is 0.329 e. The van der Waals surface area contributed by atoms with Gasteiger partial charge < -0.3 is 11.1 Å². The second kappa shape index (κ2) is 4.33. The van der Waals surface area contributed by atoms with Crippen molar-refractivity contribution >= 4 is 0 Å². The topological polar surface area (TPSA) is 55.9 Å². The van der Waals surface area contributed by atoms with Gasteiger partial charge in [-0.15, -0.1) is 0 Å². The summed E-state index contributed by atoms with van der Waals surface area (Å²) in [5.41, 5.74) is 8.23. The summed E-state index contributed by atoms with van der Waals surface area (Å²) in [6.07, 6.45) is 4.67. The summed E-state index contributed by atoms with van der Waals surface area (Å²) in [6, 6.07) is 0.263. The van der Waals surface area contributed by atoms with Crippen LogP contribution in [0.25, 0.3) is 0 Å². The summed E-state index contributed by atoms with van der Waals surface area (Å²) in [5, 5.41) is 7.77. The third kappa shape index (κ3) is 2.38. The van der Waals surface area contributed by atoms with Crippen molar-refractivity contribution in [2.75, 3.05) is 13.1 Å². The van der Waals surface area contributed by atoms with E-state index in [4.69, 9.17) is 5.73 Å². The Morgan fingerprint density at radius 3 is 2.87 bits per heavy atom. The number of hydrogen-bond acceptors (Lipinski definition) is 3. The van der Waals surface area contributed by atoms with Gasteiger partial charge in [0.1, 0.15) is 0 Å². The fraction of sp³-hybridized carbons (Fsp3) is 0.727. The van der Waals surface area contributed by atoms with Gasteiger partial charge in [0, 0.05) is 30.9 Å². The molecule has 3 N–H and O–H groups in total. The Bertz CT molecular complexity index is 327. The fourth-order valence-corrected chi connectivity index (χ4v) is 1.81. The summed E-state index contributed by atoms with van der Waals surface area (Å²) in [6.45, 7) is 3.82. The summed E-state index contributed by atoms with van der Waals surface area (Å²) >= 11 is 0. The van der Waals surface area contributed by atoms with Crippen LogP contribution in [0.4, 0.5) is 0 Å². The molecule has 1 heterocycles. The van der Waals surface area contributed by atoms with Crippen molar-refractivity contribution in [2.24, 2.45) is 18.7 Å². The molecule has 2 rings (SSSR count). The lowest BCUT2D eigenvalue weighted by molar-refractivity contribution is 0.519. The van der Waals surface area contributed by atoms with E-state index in [0.29, 0.717) is 6.54 Å². The van der Waals surface area contributed by atoms with E-state index in [0.717, 1.165) is 12.5 Å². The van der Waals surface area contributed by atoms with E-state index in [-0.39, 0.29) is 6.04 Å². The number of aromatic nitrogens is 2. The number of nitrogens with one attached hydrogen (secondary N) is 1. The van der Waals surface area contributed by atoms with Crippen LogP contribution < -0.4 is 11.1 Å². The highest BCUT2D eigenvalue weighted by Gasteiger charge is 2.23. The van der Waals surface area contributed by atoms with Gasteiger partial charge in [0.25, 0.3) is 0 Å². The molecule has 0 radical (unpaired) electrons. The molecule has 1 aromatic rings. The minimum atomic E-state index is 0.263. The molecule has 1 aliphatic rings. The SMILES string of the molecule is Cc1c(C(CN)NCC2CC2)cnn1C. The van der Waals surface area contributed by atoms with Crippen molar-refractivity contribution in [3.63, 3.8) is 0 Å². The first kappa shape index (κ1) is 10.6. The highest BCUT2D eigenvalue weighted by atomic mass is 15.3. The number of rotatable bonds is 5. The Morgan fingerprint density at radius 2 is 2.40 bits per heavy atom. The molecule has 0 aromatic carbocycles. The maximum Gasteiger partial charge on any atom is 0.0540 e. The number of aryl methyl sites for hydroxylation is 1. The summed E-state index contributed by atoms with van der Waals surface area (Å²) in [7, 11) is 1.97. The molecule has 0 saturated heterocycles. The molecule has 15 heavy (non-hydrogen) atoms. The Morgan fingerprint density at radius 1 is 1.67 bits per heavy atom. The van der Waals surface area contributed by atoms with Crippen molar-refractivity contribution in [3.8, 4) is 0 Å². The number of nitrogens with two attached hydrogens (primary N) is 1. The molecule has 1 unspecified atom stereocenters. The normalized spacial score (nSPS) is 18.1. The minimum Gasteiger partial charge on any atom is -0.329 e. The average Bonchev–Trinajstić information content (AvgIpc) is 3.00. The van der Waals surface area contributed by atoms with Crippen LogP contribution in [0.5, 0.6) is 0 Å². The van der Waals surface area contributed by atoms with E-state index >= 15 is 0 Å². The molecule has 1 fully saturated rings. The highest BCUT2D eigenvalue weighted by molar-refractivity contribution is 5.20. The van der Waals surface area contributed by atoms with Crippen LogP contribution in [-0.2, 0) is 7.05 Å². The summed E-state index contributed by atoms with van der Waals surface area (Å²) in [4.78, 5) is 0. The Kier molecular flexibility index (Phi) is 3.07. The van der Waals surface area contributed by atoms with E-state index in [2.05, 4.69) is 17.3 Å². The maximum atomic E-state index is 5.79. The van der Waals surface area contributed by atoms with Gasteiger partial charge in [0.2, 0.25) is 0 Å². The van der Waals surface area contributed by atoms with Gasteiger partial charge in [-0.3, -0.25) is 4.68 Å².